The van der Waals surface area contributed by atoms with Crippen molar-refractivity contribution in [1.82, 2.24) is 10.2 Å². The lowest BCUT2D eigenvalue weighted by molar-refractivity contribution is -0.137. The molecule has 0 aliphatic carbocycles. The summed E-state index contributed by atoms with van der Waals surface area (Å²) in [6, 6.07) is -0.271. The molecule has 4 N–H and O–H groups in total. The van der Waals surface area contributed by atoms with E-state index in [-0.39, 0.29) is 19.0 Å². The van der Waals surface area contributed by atoms with E-state index in [9.17, 15) is 14.4 Å². The highest BCUT2D eigenvalue weighted by Gasteiger charge is 2.14. The molecular formula is C14H27N3O4. The van der Waals surface area contributed by atoms with Crippen molar-refractivity contribution in [3.63, 3.8) is 0 Å². The van der Waals surface area contributed by atoms with Crippen molar-refractivity contribution in [3.05, 3.63) is 0 Å². The number of unbranched alkanes of at least 4 members (excludes halogenated alkanes) is 4. The van der Waals surface area contributed by atoms with E-state index in [0.29, 0.717) is 19.5 Å². The average molecular weight is 301 g/mol. The van der Waals surface area contributed by atoms with Gasteiger partial charge in [0.15, 0.2) is 0 Å². The van der Waals surface area contributed by atoms with Gasteiger partial charge < -0.3 is 21.1 Å². The molecule has 122 valence electrons. The molecular weight excluding hydrogens is 274 g/mol. The number of carbonyl (C=O) groups is 3. The van der Waals surface area contributed by atoms with Gasteiger partial charge in [-0.15, -0.1) is 0 Å². The predicted molar refractivity (Wildman–Crippen MR) is 79.8 cm³/mol. The Morgan fingerprint density at radius 2 is 1.76 bits per heavy atom. The van der Waals surface area contributed by atoms with Crippen LogP contribution in [0, 0.1) is 0 Å². The van der Waals surface area contributed by atoms with E-state index < -0.39 is 11.9 Å². The number of primary amides is 1. The second-order valence-electron chi connectivity index (χ2n) is 5.03. The molecule has 0 aromatic carbocycles. The first-order valence-corrected chi connectivity index (χ1v) is 7.50. The van der Waals surface area contributed by atoms with Crippen LogP contribution in [0.3, 0.4) is 0 Å². The van der Waals surface area contributed by atoms with Gasteiger partial charge in [0.1, 0.15) is 6.54 Å². The van der Waals surface area contributed by atoms with Gasteiger partial charge in [0.05, 0.1) is 0 Å². The second-order valence-corrected chi connectivity index (χ2v) is 5.03. The van der Waals surface area contributed by atoms with Crippen molar-refractivity contribution >= 4 is 17.9 Å². The van der Waals surface area contributed by atoms with Gasteiger partial charge in [-0.1, -0.05) is 26.2 Å². The predicted octanol–water partition coefficient (Wildman–Crippen LogP) is 1.32. The van der Waals surface area contributed by atoms with E-state index in [2.05, 4.69) is 5.32 Å². The van der Waals surface area contributed by atoms with Gasteiger partial charge in [-0.25, -0.2) is 4.79 Å². The van der Waals surface area contributed by atoms with E-state index >= 15 is 0 Å². The largest absolute Gasteiger partial charge is 0.481 e. The lowest BCUT2D eigenvalue weighted by atomic mass is 10.1. The second kappa shape index (κ2) is 12.0. The molecule has 21 heavy (non-hydrogen) atoms. The van der Waals surface area contributed by atoms with Gasteiger partial charge in [0, 0.05) is 19.5 Å². The minimum Gasteiger partial charge on any atom is -0.481 e. The molecule has 0 aliphatic heterocycles. The zero-order chi connectivity index (χ0) is 16.1. The number of carbonyl (C=O) groups excluding carboxylic acids is 2. The molecule has 0 aliphatic rings. The maximum atomic E-state index is 11.9. The molecule has 0 atom stereocenters. The number of amides is 3. The van der Waals surface area contributed by atoms with Crippen LogP contribution in [0.2, 0.25) is 0 Å². The van der Waals surface area contributed by atoms with Gasteiger partial charge >= 0.3 is 12.0 Å². The van der Waals surface area contributed by atoms with E-state index in [4.69, 9.17) is 10.8 Å². The van der Waals surface area contributed by atoms with Crippen LogP contribution in [0.15, 0.2) is 0 Å². The summed E-state index contributed by atoms with van der Waals surface area (Å²) in [6.07, 6.45) is 5.12. The molecule has 0 spiro atoms. The molecule has 0 heterocycles. The van der Waals surface area contributed by atoms with Crippen molar-refractivity contribution in [2.24, 2.45) is 5.73 Å². The number of urea groups is 1. The van der Waals surface area contributed by atoms with Crippen LogP contribution >= 0.6 is 0 Å². The van der Waals surface area contributed by atoms with Crippen LogP contribution in [0.4, 0.5) is 4.79 Å². The highest BCUT2D eigenvalue weighted by atomic mass is 16.4. The number of carboxylic acid groups (broad SMARTS) is 1. The van der Waals surface area contributed by atoms with E-state index in [1.807, 2.05) is 6.92 Å². The molecule has 0 rings (SSSR count). The Hall–Kier alpha value is -1.79. The highest BCUT2D eigenvalue weighted by Crippen LogP contribution is 2.02. The fourth-order valence-electron chi connectivity index (χ4n) is 1.85. The molecule has 7 heteroatoms. The summed E-state index contributed by atoms with van der Waals surface area (Å²) in [7, 11) is 0. The highest BCUT2D eigenvalue weighted by molar-refractivity contribution is 5.82. The first-order chi connectivity index (χ1) is 9.97. The first kappa shape index (κ1) is 19.2. The number of carboxylic acids is 1. The number of nitrogens with two attached hydrogens (primary N) is 1. The summed E-state index contributed by atoms with van der Waals surface area (Å²) >= 11 is 0. The number of hydrogen-bond donors (Lipinski definition) is 3. The third-order valence-electron chi connectivity index (χ3n) is 3.01. The molecule has 0 saturated heterocycles. The molecule has 7 nitrogen and oxygen atoms in total. The third-order valence-corrected chi connectivity index (χ3v) is 3.01. The van der Waals surface area contributed by atoms with Gasteiger partial charge in [-0.05, 0) is 19.3 Å². The zero-order valence-electron chi connectivity index (χ0n) is 12.8. The van der Waals surface area contributed by atoms with Crippen LogP contribution in [0.1, 0.15) is 51.9 Å². The van der Waals surface area contributed by atoms with E-state index in [1.165, 1.54) is 4.90 Å². The van der Waals surface area contributed by atoms with Gasteiger partial charge in [-0.3, -0.25) is 9.59 Å². The summed E-state index contributed by atoms with van der Waals surface area (Å²) in [6.45, 7) is 2.99. The molecule has 0 aromatic rings. The Kier molecular flexibility index (Phi) is 11.0. The number of nitrogens with one attached hydrogen (secondary N) is 1. The van der Waals surface area contributed by atoms with Crippen LogP contribution in [-0.2, 0) is 9.59 Å². The van der Waals surface area contributed by atoms with Gasteiger partial charge in [0.25, 0.3) is 0 Å². The number of aliphatic carboxylic acids is 1. The van der Waals surface area contributed by atoms with Crippen LogP contribution in [0.5, 0.6) is 0 Å². The standard InChI is InChI=1S/C14H27N3O4/c1-2-3-10-17(11-12(15)18)14(21)16-9-7-5-4-6-8-13(19)20/h2-11H2,1H3,(H2,15,18)(H,16,21)(H,19,20). The van der Waals surface area contributed by atoms with Crippen molar-refractivity contribution in [3.8, 4) is 0 Å². The maximum Gasteiger partial charge on any atom is 0.317 e. The van der Waals surface area contributed by atoms with Crippen molar-refractivity contribution in [2.75, 3.05) is 19.6 Å². The lowest BCUT2D eigenvalue weighted by Crippen LogP contribution is -2.45. The minimum absolute atomic E-state index is 0.0650. The summed E-state index contributed by atoms with van der Waals surface area (Å²) in [4.78, 5) is 34.6. The SMILES string of the molecule is CCCCN(CC(N)=O)C(=O)NCCCCCCC(=O)O. The summed E-state index contributed by atoms with van der Waals surface area (Å²) in [5, 5.41) is 11.3. The molecule has 0 fully saturated rings. The average Bonchev–Trinajstić information content (AvgIpc) is 2.41. The van der Waals surface area contributed by atoms with Gasteiger partial charge in [0.2, 0.25) is 5.91 Å². The monoisotopic (exact) mass is 301 g/mol. The lowest BCUT2D eigenvalue weighted by Gasteiger charge is -2.21. The topological polar surface area (TPSA) is 113 Å². The summed E-state index contributed by atoms with van der Waals surface area (Å²) in [5.74, 6) is -1.30. The number of hydrogen-bond acceptors (Lipinski definition) is 3. The van der Waals surface area contributed by atoms with Crippen molar-refractivity contribution in [1.29, 1.82) is 0 Å². The molecule has 0 bridgehead atoms. The number of nitrogens with zero attached hydrogens (tertiary/aromatic N) is 1. The van der Waals surface area contributed by atoms with E-state index in [0.717, 1.165) is 32.1 Å². The van der Waals surface area contributed by atoms with Crippen molar-refractivity contribution < 1.29 is 19.5 Å². The van der Waals surface area contributed by atoms with Crippen molar-refractivity contribution in [2.45, 2.75) is 51.9 Å². The fraction of sp³-hybridized carbons (Fsp3) is 0.786. The molecule has 0 aromatic heterocycles. The van der Waals surface area contributed by atoms with Gasteiger partial charge in [-0.2, -0.15) is 0 Å². The Labute approximate surface area is 125 Å². The quantitative estimate of drug-likeness (QED) is 0.472. The molecule has 3 amide bonds. The smallest absolute Gasteiger partial charge is 0.317 e. The Morgan fingerprint density at radius 3 is 2.33 bits per heavy atom. The third kappa shape index (κ3) is 11.7. The Bertz CT molecular complexity index is 334. The fourth-order valence-corrected chi connectivity index (χ4v) is 1.85. The first-order valence-electron chi connectivity index (χ1n) is 7.50. The van der Waals surface area contributed by atoms with Crippen LogP contribution in [-0.4, -0.2) is 47.5 Å². The van der Waals surface area contributed by atoms with Crippen LogP contribution in [0.25, 0.3) is 0 Å². The molecule has 0 unspecified atom stereocenters. The Balaban J connectivity index is 3.81. The summed E-state index contributed by atoms with van der Waals surface area (Å²) in [5.41, 5.74) is 5.13. The minimum atomic E-state index is -0.777. The Morgan fingerprint density at radius 1 is 1.10 bits per heavy atom. The zero-order valence-corrected chi connectivity index (χ0v) is 12.8. The number of rotatable bonds is 12. The molecule has 0 saturated carbocycles. The maximum absolute atomic E-state index is 11.9. The van der Waals surface area contributed by atoms with E-state index in [1.54, 1.807) is 0 Å². The molecule has 0 radical (unpaired) electrons. The summed E-state index contributed by atoms with van der Waals surface area (Å²) < 4.78 is 0. The normalized spacial score (nSPS) is 10.1. The van der Waals surface area contributed by atoms with Crippen LogP contribution < -0.4 is 11.1 Å².